The summed E-state index contributed by atoms with van der Waals surface area (Å²) in [4.78, 5) is 39.3. The molecule has 26 heavy (non-hydrogen) atoms. The molecule has 0 fully saturated rings. The smallest absolute Gasteiger partial charge is 0.325 e. The number of amides is 1. The maximum Gasteiger partial charge on any atom is 0.325 e. The third-order valence-electron chi connectivity index (χ3n) is 3.54. The molecular weight excluding hydrogens is 340 g/mol. The number of phenolic OH excluding ortho intramolecular Hbond substituents is 1. The topological polar surface area (TPSA) is 137 Å². The molecule has 4 N–H and O–H groups in total. The van der Waals surface area contributed by atoms with Gasteiger partial charge < -0.3 is 14.8 Å². The number of nitrogens with one attached hydrogen (secondary N) is 3. The van der Waals surface area contributed by atoms with Crippen LogP contribution >= 0.6 is 0 Å². The first-order valence-corrected chi connectivity index (χ1v) is 8.00. The van der Waals surface area contributed by atoms with Crippen molar-refractivity contribution in [3.8, 4) is 11.5 Å². The number of H-pyrrole nitrogens is 2. The van der Waals surface area contributed by atoms with Crippen LogP contribution in [-0.2, 0) is 11.2 Å². The summed E-state index contributed by atoms with van der Waals surface area (Å²) >= 11 is 0. The zero-order valence-electron chi connectivity index (χ0n) is 14.5. The van der Waals surface area contributed by atoms with Crippen molar-refractivity contribution in [2.24, 2.45) is 5.10 Å². The van der Waals surface area contributed by atoms with E-state index in [-0.39, 0.29) is 24.5 Å². The number of aromatic amines is 2. The van der Waals surface area contributed by atoms with E-state index in [0.29, 0.717) is 29.2 Å². The van der Waals surface area contributed by atoms with Crippen molar-refractivity contribution in [1.82, 2.24) is 15.4 Å². The molecule has 0 aliphatic carbocycles. The summed E-state index contributed by atoms with van der Waals surface area (Å²) < 4.78 is 5.27. The molecule has 0 atom stereocenters. The Bertz CT molecular complexity index is 929. The first-order chi connectivity index (χ1) is 12.4. The molecular formula is C17H20N4O5. The fourth-order valence-corrected chi connectivity index (χ4v) is 2.28. The van der Waals surface area contributed by atoms with E-state index in [2.05, 4.69) is 20.5 Å². The quantitative estimate of drug-likeness (QED) is 0.422. The Balaban J connectivity index is 1.93. The number of ether oxygens (including phenoxy) is 1. The number of phenols is 1. The molecule has 2 aromatic rings. The van der Waals surface area contributed by atoms with Crippen molar-refractivity contribution in [3.63, 3.8) is 0 Å². The van der Waals surface area contributed by atoms with Gasteiger partial charge in [-0.05, 0) is 44.0 Å². The van der Waals surface area contributed by atoms with Crippen LogP contribution in [0.1, 0.15) is 30.2 Å². The van der Waals surface area contributed by atoms with Crippen LogP contribution in [0.15, 0.2) is 32.9 Å². The number of aromatic nitrogens is 2. The van der Waals surface area contributed by atoms with Gasteiger partial charge in [0.1, 0.15) is 0 Å². The van der Waals surface area contributed by atoms with Gasteiger partial charge in [-0.1, -0.05) is 0 Å². The lowest BCUT2D eigenvalue weighted by atomic mass is 10.1. The average Bonchev–Trinajstić information content (AvgIpc) is 2.57. The molecule has 0 spiro atoms. The van der Waals surface area contributed by atoms with Crippen LogP contribution in [0.25, 0.3) is 0 Å². The second-order valence-corrected chi connectivity index (χ2v) is 5.47. The minimum Gasteiger partial charge on any atom is -0.504 e. The summed E-state index contributed by atoms with van der Waals surface area (Å²) in [6.07, 6.45) is 1.62. The van der Waals surface area contributed by atoms with Gasteiger partial charge in [-0.3, -0.25) is 14.6 Å². The average molecular weight is 360 g/mol. The predicted octanol–water partition coefficient (Wildman–Crippen LogP) is 0.559. The summed E-state index contributed by atoms with van der Waals surface area (Å²) in [5.74, 6) is -0.0277. The lowest BCUT2D eigenvalue weighted by Crippen LogP contribution is -2.28. The van der Waals surface area contributed by atoms with Crippen LogP contribution < -0.4 is 21.4 Å². The molecule has 0 radical (unpaired) electrons. The number of aryl methyl sites for hydroxylation is 1. The summed E-state index contributed by atoms with van der Waals surface area (Å²) in [6.45, 7) is 3.81. The Kier molecular flexibility index (Phi) is 6.31. The molecule has 1 amide bonds. The van der Waals surface area contributed by atoms with Crippen molar-refractivity contribution in [2.45, 2.75) is 26.7 Å². The van der Waals surface area contributed by atoms with Gasteiger partial charge in [0.15, 0.2) is 11.5 Å². The number of hydrazone groups is 1. The molecule has 0 aliphatic heterocycles. The predicted molar refractivity (Wildman–Crippen MR) is 95.8 cm³/mol. The fourth-order valence-electron chi connectivity index (χ4n) is 2.28. The van der Waals surface area contributed by atoms with Crippen LogP contribution in [-0.4, -0.2) is 33.8 Å². The third-order valence-corrected chi connectivity index (χ3v) is 3.54. The highest BCUT2D eigenvalue weighted by atomic mass is 16.5. The van der Waals surface area contributed by atoms with Crippen LogP contribution in [0, 0.1) is 6.92 Å². The molecule has 0 saturated carbocycles. The highest BCUT2D eigenvalue weighted by Crippen LogP contribution is 2.26. The molecule has 1 heterocycles. The van der Waals surface area contributed by atoms with Gasteiger partial charge >= 0.3 is 5.69 Å². The Morgan fingerprint density at radius 2 is 2.12 bits per heavy atom. The number of nitrogens with zero attached hydrogens (tertiary/aromatic N) is 1. The van der Waals surface area contributed by atoms with Gasteiger partial charge in [-0.25, -0.2) is 10.2 Å². The fraction of sp³-hybridized carbons (Fsp3) is 0.294. The molecule has 9 heteroatoms. The number of hydrogen-bond acceptors (Lipinski definition) is 6. The third kappa shape index (κ3) is 5.07. The molecule has 0 aliphatic rings. The Hall–Kier alpha value is -3.36. The van der Waals surface area contributed by atoms with Crippen molar-refractivity contribution in [3.05, 3.63) is 55.9 Å². The maximum atomic E-state index is 11.8. The number of aromatic hydroxyl groups is 1. The molecule has 0 unspecified atom stereocenters. The summed E-state index contributed by atoms with van der Waals surface area (Å²) in [5.41, 5.74) is 2.70. The second kappa shape index (κ2) is 8.65. The first-order valence-electron chi connectivity index (χ1n) is 8.00. The monoisotopic (exact) mass is 360 g/mol. The van der Waals surface area contributed by atoms with Crippen LogP contribution in [0.5, 0.6) is 11.5 Å². The van der Waals surface area contributed by atoms with Crippen molar-refractivity contribution >= 4 is 12.1 Å². The van der Waals surface area contributed by atoms with E-state index < -0.39 is 11.2 Å². The molecule has 0 saturated heterocycles. The lowest BCUT2D eigenvalue weighted by Gasteiger charge is -2.06. The van der Waals surface area contributed by atoms with E-state index >= 15 is 0 Å². The number of hydrogen-bond donors (Lipinski definition) is 4. The number of benzene rings is 1. The van der Waals surface area contributed by atoms with Gasteiger partial charge in [-0.15, -0.1) is 0 Å². The molecule has 1 aromatic heterocycles. The number of rotatable bonds is 7. The van der Waals surface area contributed by atoms with Gasteiger partial charge in [0.2, 0.25) is 5.91 Å². The summed E-state index contributed by atoms with van der Waals surface area (Å²) in [6, 6.07) is 4.69. The Labute approximate surface area is 148 Å². The van der Waals surface area contributed by atoms with Crippen LogP contribution in [0.2, 0.25) is 0 Å². The largest absolute Gasteiger partial charge is 0.504 e. The second-order valence-electron chi connectivity index (χ2n) is 5.47. The van der Waals surface area contributed by atoms with E-state index in [0.717, 1.165) is 0 Å². The highest BCUT2D eigenvalue weighted by Gasteiger charge is 2.08. The highest BCUT2D eigenvalue weighted by molar-refractivity contribution is 5.83. The first kappa shape index (κ1) is 19.0. The van der Waals surface area contributed by atoms with E-state index in [1.54, 1.807) is 26.0 Å². The standard InChI is InChI=1S/C17H20N4O5/c1-3-26-14-8-11(4-6-13(14)22)9-18-21-15(23)7-5-12-10(2)19-17(25)20-16(12)24/h4,6,8-9,22H,3,5,7H2,1-2H3,(H,21,23)(H2,19,20,24,25)/b18-9+. The van der Waals surface area contributed by atoms with Crippen molar-refractivity contribution < 1.29 is 14.6 Å². The Morgan fingerprint density at radius 3 is 2.81 bits per heavy atom. The molecule has 9 nitrogen and oxygen atoms in total. The van der Waals surface area contributed by atoms with Crippen LogP contribution in [0.3, 0.4) is 0 Å². The number of carbonyl (C=O) groups excluding carboxylic acids is 1. The molecule has 2 rings (SSSR count). The molecule has 0 bridgehead atoms. The lowest BCUT2D eigenvalue weighted by molar-refractivity contribution is -0.121. The number of carbonyl (C=O) groups is 1. The van der Waals surface area contributed by atoms with E-state index in [9.17, 15) is 19.5 Å². The minimum atomic E-state index is -0.578. The maximum absolute atomic E-state index is 11.8. The van der Waals surface area contributed by atoms with Crippen molar-refractivity contribution in [1.29, 1.82) is 0 Å². The van der Waals surface area contributed by atoms with E-state index in [1.165, 1.54) is 12.3 Å². The van der Waals surface area contributed by atoms with Gasteiger partial charge in [-0.2, -0.15) is 5.10 Å². The molecule has 1 aromatic carbocycles. The van der Waals surface area contributed by atoms with E-state index in [4.69, 9.17) is 4.74 Å². The SMILES string of the molecule is CCOc1cc(/C=N/NC(=O)CCc2c(C)[nH]c(=O)[nH]c2=O)ccc1O. The van der Waals surface area contributed by atoms with Gasteiger partial charge in [0, 0.05) is 17.7 Å². The zero-order valence-corrected chi connectivity index (χ0v) is 14.5. The zero-order chi connectivity index (χ0) is 19.1. The summed E-state index contributed by atoms with van der Waals surface area (Å²) in [5, 5.41) is 13.5. The van der Waals surface area contributed by atoms with Gasteiger partial charge in [0.05, 0.1) is 12.8 Å². The summed E-state index contributed by atoms with van der Waals surface area (Å²) in [7, 11) is 0. The van der Waals surface area contributed by atoms with Crippen LogP contribution in [0.4, 0.5) is 0 Å². The Morgan fingerprint density at radius 1 is 1.35 bits per heavy atom. The van der Waals surface area contributed by atoms with Gasteiger partial charge in [0.25, 0.3) is 5.56 Å². The minimum absolute atomic E-state index is 0.0227. The normalized spacial score (nSPS) is 10.8. The van der Waals surface area contributed by atoms with E-state index in [1.807, 2.05) is 0 Å². The van der Waals surface area contributed by atoms with Crippen molar-refractivity contribution in [2.75, 3.05) is 6.61 Å². The molecule has 138 valence electrons.